The van der Waals surface area contributed by atoms with Gasteiger partial charge in [-0.15, -0.1) is 0 Å². The van der Waals surface area contributed by atoms with E-state index in [0.717, 1.165) is 15.9 Å². The third-order valence-electron chi connectivity index (χ3n) is 3.05. The van der Waals surface area contributed by atoms with Crippen LogP contribution in [0.2, 0.25) is 0 Å². The van der Waals surface area contributed by atoms with Crippen LogP contribution < -0.4 is 0 Å². The molecule has 0 saturated heterocycles. The molecule has 1 amide bonds. The van der Waals surface area contributed by atoms with E-state index >= 15 is 0 Å². The van der Waals surface area contributed by atoms with Crippen molar-refractivity contribution in [1.29, 1.82) is 0 Å². The summed E-state index contributed by atoms with van der Waals surface area (Å²) in [5.41, 5.74) is 1.74. The van der Waals surface area contributed by atoms with Crippen molar-refractivity contribution in [2.45, 2.75) is 19.6 Å². The molecule has 0 unspecified atom stereocenters. The van der Waals surface area contributed by atoms with Crippen molar-refractivity contribution in [2.24, 2.45) is 7.05 Å². The molecule has 112 valence electrons. The molecule has 7 heteroatoms. The van der Waals surface area contributed by atoms with Gasteiger partial charge in [0.1, 0.15) is 0 Å². The Hall–Kier alpha value is -1.18. The molecule has 0 bridgehead atoms. The third-order valence-corrected chi connectivity index (χ3v) is 4.08. The number of hydrogen-bond acceptors (Lipinski definition) is 4. The molecule has 0 aliphatic carbocycles. The Bertz CT molecular complexity index is 483. The summed E-state index contributed by atoms with van der Waals surface area (Å²) >= 11 is 3.47. The van der Waals surface area contributed by atoms with E-state index in [1.165, 1.54) is 13.2 Å². The van der Waals surface area contributed by atoms with Gasteiger partial charge >= 0.3 is 0 Å². The second-order valence-corrected chi connectivity index (χ2v) is 5.23. The van der Waals surface area contributed by atoms with Crippen LogP contribution in [-0.4, -0.2) is 52.1 Å². The van der Waals surface area contributed by atoms with Crippen LogP contribution in [0.1, 0.15) is 11.4 Å². The van der Waals surface area contributed by atoms with Crippen LogP contribution in [0.3, 0.4) is 0 Å². The quantitative estimate of drug-likeness (QED) is 0.749. The standard InChI is InChI=1S/C13H20BrN3O3/c1-5-12(19)17(6-10(8-18)20-4)7-11-13(14)9(2)15-16(11)3/h5,10,18H,1,6-8H2,2-4H3/t10-/m1/s1. The fourth-order valence-corrected chi connectivity index (χ4v) is 2.31. The maximum atomic E-state index is 11.9. The Kier molecular flexibility index (Phi) is 6.38. The van der Waals surface area contributed by atoms with E-state index in [9.17, 15) is 9.90 Å². The maximum absolute atomic E-state index is 11.9. The zero-order valence-electron chi connectivity index (χ0n) is 12.0. The number of methoxy groups -OCH3 is 1. The van der Waals surface area contributed by atoms with Crippen LogP contribution in [0.15, 0.2) is 17.1 Å². The lowest BCUT2D eigenvalue weighted by Crippen LogP contribution is -2.38. The fraction of sp³-hybridized carbons (Fsp3) is 0.538. The third kappa shape index (κ3) is 3.91. The van der Waals surface area contributed by atoms with Crippen molar-refractivity contribution >= 4 is 21.8 Å². The molecule has 1 atom stereocenters. The average Bonchev–Trinajstić information content (AvgIpc) is 2.68. The first-order valence-electron chi connectivity index (χ1n) is 6.17. The molecule has 1 rings (SSSR count). The largest absolute Gasteiger partial charge is 0.394 e. The number of aliphatic hydroxyl groups is 1. The van der Waals surface area contributed by atoms with E-state index < -0.39 is 6.10 Å². The molecule has 1 N–H and O–H groups in total. The topological polar surface area (TPSA) is 67.6 Å². The summed E-state index contributed by atoms with van der Waals surface area (Å²) in [5.74, 6) is -0.216. The summed E-state index contributed by atoms with van der Waals surface area (Å²) in [6, 6.07) is 0. The molecule has 0 spiro atoms. The Morgan fingerprint density at radius 1 is 1.70 bits per heavy atom. The number of aliphatic hydroxyl groups excluding tert-OH is 1. The summed E-state index contributed by atoms with van der Waals surface area (Å²) in [6.45, 7) is 5.89. The van der Waals surface area contributed by atoms with Crippen LogP contribution in [-0.2, 0) is 23.1 Å². The van der Waals surface area contributed by atoms with Gasteiger partial charge in [-0.2, -0.15) is 5.10 Å². The van der Waals surface area contributed by atoms with Crippen LogP contribution in [0.5, 0.6) is 0 Å². The van der Waals surface area contributed by atoms with E-state index in [-0.39, 0.29) is 19.1 Å². The number of halogens is 1. The number of rotatable bonds is 7. The molecule has 0 radical (unpaired) electrons. The molecule has 0 aromatic carbocycles. The number of nitrogens with zero attached hydrogens (tertiary/aromatic N) is 3. The van der Waals surface area contributed by atoms with Crippen LogP contribution in [0.25, 0.3) is 0 Å². The van der Waals surface area contributed by atoms with Gasteiger partial charge in [0.05, 0.1) is 35.1 Å². The normalized spacial score (nSPS) is 12.2. The van der Waals surface area contributed by atoms with Crippen molar-refractivity contribution in [2.75, 3.05) is 20.3 Å². The van der Waals surface area contributed by atoms with E-state index in [4.69, 9.17) is 4.74 Å². The number of carbonyl (C=O) groups is 1. The summed E-state index contributed by atoms with van der Waals surface area (Å²) in [5, 5.41) is 13.5. The minimum absolute atomic E-state index is 0.150. The molecule has 20 heavy (non-hydrogen) atoms. The monoisotopic (exact) mass is 345 g/mol. The lowest BCUT2D eigenvalue weighted by Gasteiger charge is -2.25. The number of aromatic nitrogens is 2. The average molecular weight is 346 g/mol. The number of hydrogen-bond donors (Lipinski definition) is 1. The Morgan fingerprint density at radius 3 is 2.75 bits per heavy atom. The van der Waals surface area contributed by atoms with E-state index in [0.29, 0.717) is 6.54 Å². The van der Waals surface area contributed by atoms with Gasteiger partial charge in [-0.25, -0.2) is 0 Å². The SMILES string of the molecule is C=CC(=O)N(Cc1c(Br)c(C)nn1C)C[C@H](CO)OC. The predicted octanol–water partition coefficient (Wildman–Crippen LogP) is 1.01. The van der Waals surface area contributed by atoms with Crippen molar-refractivity contribution in [3.05, 3.63) is 28.5 Å². The number of aryl methyl sites for hydroxylation is 2. The van der Waals surface area contributed by atoms with Crippen LogP contribution in [0, 0.1) is 6.92 Å². The molecular weight excluding hydrogens is 326 g/mol. The molecule has 6 nitrogen and oxygen atoms in total. The number of carbonyl (C=O) groups excluding carboxylic acids is 1. The second kappa shape index (κ2) is 7.56. The van der Waals surface area contributed by atoms with Gasteiger partial charge in [0, 0.05) is 20.7 Å². The number of amides is 1. The molecule has 0 aliphatic rings. The van der Waals surface area contributed by atoms with E-state index in [1.807, 2.05) is 14.0 Å². The Morgan fingerprint density at radius 2 is 2.35 bits per heavy atom. The maximum Gasteiger partial charge on any atom is 0.246 e. The smallest absolute Gasteiger partial charge is 0.246 e. The zero-order chi connectivity index (χ0) is 15.3. The second-order valence-electron chi connectivity index (χ2n) is 4.43. The Balaban J connectivity index is 2.95. The summed E-state index contributed by atoms with van der Waals surface area (Å²) < 4.78 is 7.72. The van der Waals surface area contributed by atoms with Gasteiger partial charge in [-0.3, -0.25) is 9.48 Å². The minimum atomic E-state index is -0.424. The van der Waals surface area contributed by atoms with Crippen molar-refractivity contribution in [3.8, 4) is 0 Å². The molecular formula is C13H20BrN3O3. The number of ether oxygens (including phenoxy) is 1. The highest BCUT2D eigenvalue weighted by Gasteiger charge is 2.20. The highest BCUT2D eigenvalue weighted by molar-refractivity contribution is 9.10. The minimum Gasteiger partial charge on any atom is -0.394 e. The van der Waals surface area contributed by atoms with Crippen LogP contribution in [0.4, 0.5) is 0 Å². The van der Waals surface area contributed by atoms with Gasteiger partial charge in [0.2, 0.25) is 5.91 Å². The lowest BCUT2D eigenvalue weighted by atomic mass is 10.2. The summed E-state index contributed by atoms with van der Waals surface area (Å²) in [6.07, 6.45) is 0.827. The van der Waals surface area contributed by atoms with Crippen LogP contribution >= 0.6 is 15.9 Å². The van der Waals surface area contributed by atoms with E-state index in [1.54, 1.807) is 9.58 Å². The summed E-state index contributed by atoms with van der Waals surface area (Å²) in [7, 11) is 3.32. The van der Waals surface area contributed by atoms with E-state index in [2.05, 4.69) is 27.6 Å². The molecule has 1 aromatic heterocycles. The molecule has 1 aromatic rings. The summed E-state index contributed by atoms with van der Waals surface area (Å²) in [4.78, 5) is 13.5. The fourth-order valence-electron chi connectivity index (χ4n) is 1.85. The zero-order valence-corrected chi connectivity index (χ0v) is 13.6. The van der Waals surface area contributed by atoms with Gasteiger partial charge in [0.15, 0.2) is 0 Å². The van der Waals surface area contributed by atoms with Gasteiger partial charge in [0.25, 0.3) is 0 Å². The first kappa shape index (κ1) is 16.9. The van der Waals surface area contributed by atoms with Crippen molar-refractivity contribution < 1.29 is 14.6 Å². The predicted molar refractivity (Wildman–Crippen MR) is 79.1 cm³/mol. The molecule has 1 heterocycles. The van der Waals surface area contributed by atoms with Crippen molar-refractivity contribution in [3.63, 3.8) is 0 Å². The molecule has 0 aliphatic heterocycles. The van der Waals surface area contributed by atoms with Gasteiger partial charge < -0.3 is 14.7 Å². The molecule has 0 saturated carbocycles. The van der Waals surface area contributed by atoms with Gasteiger partial charge in [-0.05, 0) is 28.9 Å². The molecule has 0 fully saturated rings. The highest BCUT2D eigenvalue weighted by Crippen LogP contribution is 2.22. The first-order chi connectivity index (χ1) is 9.44. The first-order valence-corrected chi connectivity index (χ1v) is 6.96. The highest BCUT2D eigenvalue weighted by atomic mass is 79.9. The van der Waals surface area contributed by atoms with Crippen molar-refractivity contribution in [1.82, 2.24) is 14.7 Å². The van der Waals surface area contributed by atoms with Gasteiger partial charge in [-0.1, -0.05) is 6.58 Å². The lowest BCUT2D eigenvalue weighted by molar-refractivity contribution is -0.128. The Labute approximate surface area is 127 Å².